The number of carbonyl (C=O) groups excluding carboxylic acids is 1. The molecule has 1 aliphatic heterocycles. The third kappa shape index (κ3) is 6.37. The molecule has 8 nitrogen and oxygen atoms in total. The normalized spacial score (nSPS) is 17.5. The van der Waals surface area contributed by atoms with E-state index in [0.29, 0.717) is 37.0 Å². The molecule has 3 aromatic rings. The largest absolute Gasteiger partial charge is 0.385 e. The summed E-state index contributed by atoms with van der Waals surface area (Å²) in [6.45, 7) is 3.87. The van der Waals surface area contributed by atoms with Crippen LogP contribution in [0.2, 0.25) is 5.02 Å². The number of unbranched alkanes of at least 4 members (excludes halogenated alkanes) is 1. The van der Waals surface area contributed by atoms with Crippen molar-refractivity contribution >= 4 is 17.5 Å². The van der Waals surface area contributed by atoms with E-state index < -0.39 is 5.60 Å². The average molecular weight is 526 g/mol. The summed E-state index contributed by atoms with van der Waals surface area (Å²) in [6, 6.07) is 14.1. The molecule has 0 radical (unpaired) electrons. The van der Waals surface area contributed by atoms with E-state index >= 15 is 0 Å². The van der Waals surface area contributed by atoms with Gasteiger partial charge in [-0.25, -0.2) is 0 Å². The van der Waals surface area contributed by atoms with Crippen LogP contribution in [0.15, 0.2) is 42.5 Å². The number of aromatic nitrogens is 4. The molecule has 198 valence electrons. The number of aryl methyl sites for hydroxylation is 1. The molecule has 2 atom stereocenters. The predicted octanol–water partition coefficient (Wildman–Crippen LogP) is 4.57. The quantitative estimate of drug-likeness (QED) is 0.355. The zero-order chi connectivity index (χ0) is 26.3. The Bertz CT molecular complexity index is 1170. The third-order valence-corrected chi connectivity index (χ3v) is 7.72. The van der Waals surface area contributed by atoms with Gasteiger partial charge in [0.25, 0.3) is 0 Å². The number of nitrogens with one attached hydrogen (secondary N) is 1. The molecule has 37 heavy (non-hydrogen) atoms. The maximum atomic E-state index is 13.1. The van der Waals surface area contributed by atoms with Gasteiger partial charge in [0.2, 0.25) is 5.91 Å². The van der Waals surface area contributed by atoms with Crippen molar-refractivity contribution in [1.82, 2.24) is 25.5 Å². The lowest BCUT2D eigenvalue weighted by Crippen LogP contribution is -2.48. The number of amides is 1. The van der Waals surface area contributed by atoms with E-state index in [1.807, 2.05) is 29.2 Å². The van der Waals surface area contributed by atoms with Crippen molar-refractivity contribution in [3.8, 4) is 11.1 Å². The first kappa shape index (κ1) is 27.2. The van der Waals surface area contributed by atoms with Crippen LogP contribution in [-0.4, -0.2) is 63.3 Å². The Morgan fingerprint density at radius 1 is 1.27 bits per heavy atom. The number of aliphatic hydroxyl groups is 1. The van der Waals surface area contributed by atoms with Crippen molar-refractivity contribution in [2.75, 3.05) is 26.8 Å². The van der Waals surface area contributed by atoms with E-state index in [1.165, 1.54) is 5.56 Å². The third-order valence-electron chi connectivity index (χ3n) is 7.41. The molecule has 1 fully saturated rings. The monoisotopic (exact) mass is 525 g/mol. The Labute approximate surface area is 223 Å². The van der Waals surface area contributed by atoms with Crippen LogP contribution < -0.4 is 0 Å². The van der Waals surface area contributed by atoms with Crippen LogP contribution in [0.3, 0.4) is 0 Å². The second-order valence-electron chi connectivity index (χ2n) is 9.77. The summed E-state index contributed by atoms with van der Waals surface area (Å²) in [4.78, 5) is 14.9. The van der Waals surface area contributed by atoms with Crippen molar-refractivity contribution in [2.24, 2.45) is 5.92 Å². The zero-order valence-corrected chi connectivity index (χ0v) is 22.4. The minimum absolute atomic E-state index is 0.0604. The van der Waals surface area contributed by atoms with E-state index in [9.17, 15) is 9.90 Å². The molecule has 0 spiro atoms. The second kappa shape index (κ2) is 12.6. The smallest absolute Gasteiger partial charge is 0.230 e. The molecule has 1 saturated heterocycles. The fourth-order valence-electron chi connectivity index (χ4n) is 5.42. The number of carbonyl (C=O) groups is 1. The minimum Gasteiger partial charge on any atom is -0.385 e. The van der Waals surface area contributed by atoms with E-state index in [1.54, 1.807) is 7.11 Å². The molecular formula is C28H36ClN5O3. The summed E-state index contributed by atoms with van der Waals surface area (Å²) >= 11 is 6.83. The van der Waals surface area contributed by atoms with Crippen molar-refractivity contribution < 1.29 is 14.6 Å². The van der Waals surface area contributed by atoms with Crippen LogP contribution in [0.25, 0.3) is 11.1 Å². The number of methoxy groups -OCH3 is 1. The number of ether oxygens (including phenoxy) is 1. The maximum Gasteiger partial charge on any atom is 0.230 e. The number of H-pyrrole nitrogens is 1. The second-order valence-corrected chi connectivity index (χ2v) is 10.2. The van der Waals surface area contributed by atoms with Crippen molar-refractivity contribution in [2.45, 2.75) is 57.5 Å². The average Bonchev–Trinajstić information content (AvgIpc) is 3.44. The number of halogens is 1. The van der Waals surface area contributed by atoms with Crippen LogP contribution >= 0.6 is 11.6 Å². The number of hydrogen-bond acceptors (Lipinski definition) is 6. The van der Waals surface area contributed by atoms with Crippen LogP contribution in [0, 0.1) is 5.92 Å². The van der Waals surface area contributed by atoms with Crippen molar-refractivity contribution in [1.29, 1.82) is 0 Å². The Kier molecular flexibility index (Phi) is 9.29. The van der Waals surface area contributed by atoms with Crippen LogP contribution in [0.4, 0.5) is 0 Å². The van der Waals surface area contributed by atoms with Crippen LogP contribution in [-0.2, 0) is 28.0 Å². The zero-order valence-electron chi connectivity index (χ0n) is 21.6. The van der Waals surface area contributed by atoms with Crippen molar-refractivity contribution in [3.63, 3.8) is 0 Å². The van der Waals surface area contributed by atoms with Gasteiger partial charge in [0.05, 0.1) is 12.0 Å². The van der Waals surface area contributed by atoms with Crippen LogP contribution in [0.1, 0.15) is 56.0 Å². The highest BCUT2D eigenvalue weighted by Crippen LogP contribution is 2.46. The highest BCUT2D eigenvalue weighted by molar-refractivity contribution is 6.33. The van der Waals surface area contributed by atoms with Gasteiger partial charge in [0, 0.05) is 43.3 Å². The number of hydrogen-bond donors (Lipinski definition) is 2. The fraction of sp³-hybridized carbons (Fsp3) is 0.500. The molecule has 0 bridgehead atoms. The van der Waals surface area contributed by atoms with E-state index in [-0.39, 0.29) is 18.2 Å². The maximum absolute atomic E-state index is 13.1. The molecule has 2 heterocycles. The number of aromatic amines is 1. The number of benzene rings is 2. The summed E-state index contributed by atoms with van der Waals surface area (Å²) in [5.41, 5.74) is 2.73. The highest BCUT2D eigenvalue weighted by Gasteiger charge is 2.42. The molecular weight excluding hydrogens is 490 g/mol. The molecule has 1 aliphatic rings. The standard InChI is InChI=1S/C28H36ClN5O3/c1-3-20-9-6-10-21(17-20)27-23(12-7-13-24(27)29)28(36,14-4-5-16-37-2)22-11-8-15-34(19-22)26(35)18-25-30-32-33-31-25/h6-7,9-10,12-13,17,22,36H,3-5,8,11,14-16,18-19H2,1-2H3,(H,30,31,32,33). The molecule has 1 aromatic heterocycles. The highest BCUT2D eigenvalue weighted by atomic mass is 35.5. The Hall–Kier alpha value is -2.81. The predicted molar refractivity (Wildman–Crippen MR) is 143 cm³/mol. The molecule has 0 saturated carbocycles. The van der Waals surface area contributed by atoms with Gasteiger partial charge in [-0.3, -0.25) is 4.79 Å². The van der Waals surface area contributed by atoms with Crippen molar-refractivity contribution in [3.05, 3.63) is 64.4 Å². The van der Waals surface area contributed by atoms with E-state index in [4.69, 9.17) is 16.3 Å². The minimum atomic E-state index is -1.17. The van der Waals surface area contributed by atoms with Gasteiger partial charge in [0.1, 0.15) is 0 Å². The molecule has 1 amide bonds. The Morgan fingerprint density at radius 2 is 2.11 bits per heavy atom. The number of likely N-dealkylation sites (tertiary alicyclic amines) is 1. The van der Waals surface area contributed by atoms with Gasteiger partial charge in [-0.05, 0) is 61.3 Å². The van der Waals surface area contributed by atoms with Gasteiger partial charge in [0.15, 0.2) is 5.82 Å². The molecule has 0 aliphatic carbocycles. The molecule has 2 aromatic carbocycles. The lowest BCUT2D eigenvalue weighted by Gasteiger charge is -2.44. The van der Waals surface area contributed by atoms with Gasteiger partial charge in [-0.2, -0.15) is 5.21 Å². The number of piperidine rings is 1. The summed E-state index contributed by atoms with van der Waals surface area (Å²) in [5, 5.41) is 27.0. The summed E-state index contributed by atoms with van der Waals surface area (Å²) < 4.78 is 5.27. The van der Waals surface area contributed by atoms with E-state index in [0.717, 1.165) is 48.8 Å². The molecule has 9 heteroatoms. The SMILES string of the molecule is CCc1cccc(-c2c(Cl)cccc2C(O)(CCCCOC)C2CCCN(C(=O)Cc3nn[nH]n3)C2)c1. The first-order valence-electron chi connectivity index (χ1n) is 13.1. The van der Waals surface area contributed by atoms with Gasteiger partial charge >= 0.3 is 0 Å². The number of tetrazole rings is 1. The molecule has 2 unspecified atom stereocenters. The first-order valence-corrected chi connectivity index (χ1v) is 13.4. The van der Waals surface area contributed by atoms with E-state index in [2.05, 4.69) is 45.7 Å². The first-order chi connectivity index (χ1) is 18.0. The van der Waals surface area contributed by atoms with Gasteiger partial charge in [-0.15, -0.1) is 10.2 Å². The van der Waals surface area contributed by atoms with Gasteiger partial charge in [-0.1, -0.05) is 60.1 Å². The number of nitrogens with zero attached hydrogens (tertiary/aromatic N) is 4. The fourth-order valence-corrected chi connectivity index (χ4v) is 5.71. The summed E-state index contributed by atoms with van der Waals surface area (Å²) in [7, 11) is 1.69. The molecule has 2 N–H and O–H groups in total. The van der Waals surface area contributed by atoms with Crippen LogP contribution in [0.5, 0.6) is 0 Å². The molecule has 4 rings (SSSR count). The van der Waals surface area contributed by atoms with Gasteiger partial charge < -0.3 is 14.7 Å². The topological polar surface area (TPSA) is 104 Å². The lowest BCUT2D eigenvalue weighted by atomic mass is 9.72. The Morgan fingerprint density at radius 3 is 2.86 bits per heavy atom. The number of rotatable bonds is 11. The lowest BCUT2D eigenvalue weighted by molar-refractivity contribution is -0.136. The summed E-state index contributed by atoms with van der Waals surface area (Å²) in [6.07, 6.45) is 4.80. The Balaban J connectivity index is 1.69. The summed E-state index contributed by atoms with van der Waals surface area (Å²) in [5.74, 6) is 0.161.